The quantitative estimate of drug-likeness (QED) is 0.678. The van der Waals surface area contributed by atoms with Gasteiger partial charge in [0.2, 0.25) is 9.84 Å². The van der Waals surface area contributed by atoms with Crippen molar-refractivity contribution in [2.24, 2.45) is 0 Å². The molecule has 0 aromatic heterocycles. The Labute approximate surface area is 92.4 Å². The van der Waals surface area contributed by atoms with E-state index in [9.17, 15) is 8.42 Å². The fourth-order valence-corrected chi connectivity index (χ4v) is 1.55. The first kappa shape index (κ1) is 11.3. The Hall–Kier alpha value is -0.790. The lowest BCUT2D eigenvalue weighted by atomic mass is 10.1. The van der Waals surface area contributed by atoms with Gasteiger partial charge in [-0.05, 0) is 30.5 Å². The van der Waals surface area contributed by atoms with E-state index in [0.717, 1.165) is 21.9 Å². The van der Waals surface area contributed by atoms with Crippen LogP contribution in [0.4, 0.5) is 0 Å². The summed E-state index contributed by atoms with van der Waals surface area (Å²) in [6.45, 7) is 1.89. The minimum absolute atomic E-state index is 0.727. The highest BCUT2D eigenvalue weighted by Gasteiger charge is 1.99. The molecule has 0 aliphatic rings. The number of rotatable bonds is 0. The first-order chi connectivity index (χ1) is 6.40. The number of hydrogen-bond acceptors (Lipinski definition) is 2. The van der Waals surface area contributed by atoms with Crippen LogP contribution in [0.3, 0.4) is 0 Å². The van der Waals surface area contributed by atoms with Gasteiger partial charge in [0.1, 0.15) is 0 Å². The standard InChI is InChI=1S/C10H9BrO2S/c1-8-9(4-3-5-10(8)11)6-7-14(2,12)13/h3-5H,1-2H3. The molecule has 0 atom stereocenters. The van der Waals surface area contributed by atoms with Gasteiger partial charge < -0.3 is 0 Å². The maximum atomic E-state index is 10.8. The lowest BCUT2D eigenvalue weighted by Gasteiger charge is -1.99. The van der Waals surface area contributed by atoms with Gasteiger partial charge >= 0.3 is 0 Å². The highest BCUT2D eigenvalue weighted by Crippen LogP contribution is 2.18. The van der Waals surface area contributed by atoms with Gasteiger partial charge in [-0.1, -0.05) is 22.0 Å². The number of benzene rings is 1. The molecule has 0 aliphatic heterocycles. The van der Waals surface area contributed by atoms with Crippen LogP contribution in [0.25, 0.3) is 0 Å². The van der Waals surface area contributed by atoms with E-state index in [2.05, 4.69) is 27.1 Å². The van der Waals surface area contributed by atoms with Gasteiger partial charge in [0.25, 0.3) is 0 Å². The Kier molecular flexibility index (Phi) is 3.35. The van der Waals surface area contributed by atoms with Crippen molar-refractivity contribution in [3.63, 3.8) is 0 Å². The van der Waals surface area contributed by atoms with Crippen molar-refractivity contribution in [3.05, 3.63) is 33.8 Å². The number of halogens is 1. The van der Waals surface area contributed by atoms with Gasteiger partial charge in [0, 0.05) is 15.3 Å². The third kappa shape index (κ3) is 3.17. The molecule has 1 rings (SSSR count). The average Bonchev–Trinajstić information content (AvgIpc) is 2.06. The SMILES string of the molecule is Cc1c(Br)cccc1C#CS(C)(=O)=O. The Balaban J connectivity index is 3.21. The number of hydrogen-bond donors (Lipinski definition) is 0. The van der Waals surface area contributed by atoms with Crippen molar-refractivity contribution in [1.29, 1.82) is 0 Å². The molecule has 0 amide bonds. The van der Waals surface area contributed by atoms with Crippen molar-refractivity contribution in [2.75, 3.05) is 6.26 Å². The Morgan fingerprint density at radius 1 is 1.36 bits per heavy atom. The van der Waals surface area contributed by atoms with Gasteiger partial charge in [-0.25, -0.2) is 8.42 Å². The van der Waals surface area contributed by atoms with Gasteiger partial charge in [0.05, 0.1) is 6.26 Å². The van der Waals surface area contributed by atoms with E-state index in [1.165, 1.54) is 0 Å². The fourth-order valence-electron chi connectivity index (χ4n) is 0.891. The van der Waals surface area contributed by atoms with Crippen LogP contribution in [-0.2, 0) is 9.84 Å². The van der Waals surface area contributed by atoms with Crippen molar-refractivity contribution in [1.82, 2.24) is 0 Å². The summed E-state index contributed by atoms with van der Waals surface area (Å²) in [5.41, 5.74) is 1.67. The summed E-state index contributed by atoms with van der Waals surface area (Å²) in [4.78, 5) is 0. The van der Waals surface area contributed by atoms with Crippen LogP contribution in [0, 0.1) is 18.1 Å². The molecule has 74 valence electrons. The van der Waals surface area contributed by atoms with Gasteiger partial charge in [0.15, 0.2) is 0 Å². The van der Waals surface area contributed by atoms with Gasteiger partial charge in [-0.15, -0.1) is 0 Å². The van der Waals surface area contributed by atoms with Crippen LogP contribution in [-0.4, -0.2) is 14.7 Å². The zero-order valence-corrected chi connectivity index (χ0v) is 10.2. The maximum Gasteiger partial charge on any atom is 0.214 e. The Bertz CT molecular complexity index is 507. The normalized spacial score (nSPS) is 10.5. The zero-order chi connectivity index (χ0) is 10.8. The van der Waals surface area contributed by atoms with Crippen LogP contribution in [0.1, 0.15) is 11.1 Å². The fraction of sp³-hybridized carbons (Fsp3) is 0.200. The topological polar surface area (TPSA) is 34.1 Å². The van der Waals surface area contributed by atoms with E-state index in [0.29, 0.717) is 0 Å². The second-order valence-corrected chi connectivity index (χ2v) is 5.51. The molecule has 0 bridgehead atoms. The van der Waals surface area contributed by atoms with Crippen LogP contribution < -0.4 is 0 Å². The summed E-state index contributed by atoms with van der Waals surface area (Å²) in [5.74, 6) is 2.63. The first-order valence-electron chi connectivity index (χ1n) is 3.88. The maximum absolute atomic E-state index is 10.8. The second-order valence-electron chi connectivity index (χ2n) is 2.91. The Morgan fingerprint density at radius 3 is 2.57 bits per heavy atom. The molecular weight excluding hydrogens is 264 g/mol. The minimum atomic E-state index is -3.23. The van der Waals surface area contributed by atoms with Crippen molar-refractivity contribution < 1.29 is 8.42 Å². The molecule has 1 aromatic rings. The molecule has 4 heteroatoms. The van der Waals surface area contributed by atoms with E-state index in [-0.39, 0.29) is 0 Å². The molecule has 14 heavy (non-hydrogen) atoms. The first-order valence-corrected chi connectivity index (χ1v) is 6.56. The lowest BCUT2D eigenvalue weighted by Crippen LogP contribution is -1.90. The molecule has 1 aromatic carbocycles. The molecule has 0 saturated heterocycles. The molecule has 0 saturated carbocycles. The molecule has 0 spiro atoms. The molecule has 0 unspecified atom stereocenters. The smallest absolute Gasteiger partial charge is 0.214 e. The average molecular weight is 273 g/mol. The summed E-state index contributed by atoms with van der Waals surface area (Å²) >= 11 is 3.35. The van der Waals surface area contributed by atoms with Gasteiger partial charge in [-0.3, -0.25) is 0 Å². The monoisotopic (exact) mass is 272 g/mol. The minimum Gasteiger partial charge on any atom is -0.216 e. The summed E-state index contributed by atoms with van der Waals surface area (Å²) < 4.78 is 22.6. The van der Waals surface area contributed by atoms with Crippen molar-refractivity contribution in [2.45, 2.75) is 6.92 Å². The van der Waals surface area contributed by atoms with Crippen LogP contribution in [0.2, 0.25) is 0 Å². The molecule has 0 heterocycles. The summed E-state index contributed by atoms with van der Waals surface area (Å²) in [7, 11) is -3.23. The van der Waals surface area contributed by atoms with Crippen molar-refractivity contribution >= 4 is 25.8 Å². The largest absolute Gasteiger partial charge is 0.216 e. The zero-order valence-electron chi connectivity index (χ0n) is 7.83. The van der Waals surface area contributed by atoms with E-state index >= 15 is 0 Å². The third-order valence-electron chi connectivity index (χ3n) is 1.64. The molecule has 0 radical (unpaired) electrons. The number of sulfone groups is 1. The Morgan fingerprint density at radius 2 is 2.00 bits per heavy atom. The highest BCUT2D eigenvalue weighted by molar-refractivity contribution is 9.10. The van der Waals surface area contributed by atoms with Crippen LogP contribution >= 0.6 is 15.9 Å². The lowest BCUT2D eigenvalue weighted by molar-refractivity contribution is 0.611. The molecule has 0 fully saturated rings. The highest BCUT2D eigenvalue weighted by atomic mass is 79.9. The van der Waals surface area contributed by atoms with E-state index < -0.39 is 9.84 Å². The van der Waals surface area contributed by atoms with Crippen LogP contribution in [0.5, 0.6) is 0 Å². The van der Waals surface area contributed by atoms with Crippen LogP contribution in [0.15, 0.2) is 22.7 Å². The van der Waals surface area contributed by atoms with E-state index in [1.54, 1.807) is 6.07 Å². The molecule has 2 nitrogen and oxygen atoms in total. The molecule has 0 N–H and O–H groups in total. The summed E-state index contributed by atoms with van der Waals surface area (Å²) in [5, 5.41) is 2.21. The van der Waals surface area contributed by atoms with E-state index in [4.69, 9.17) is 0 Å². The third-order valence-corrected chi connectivity index (χ3v) is 2.97. The second kappa shape index (κ2) is 4.16. The molecular formula is C10H9BrO2S. The van der Waals surface area contributed by atoms with E-state index in [1.807, 2.05) is 19.1 Å². The molecule has 0 aliphatic carbocycles. The summed E-state index contributed by atoms with van der Waals surface area (Å²) in [6, 6.07) is 5.50. The van der Waals surface area contributed by atoms with Gasteiger partial charge in [-0.2, -0.15) is 0 Å². The van der Waals surface area contributed by atoms with Crippen molar-refractivity contribution in [3.8, 4) is 11.2 Å². The predicted molar refractivity (Wildman–Crippen MR) is 60.6 cm³/mol. The summed E-state index contributed by atoms with van der Waals surface area (Å²) in [6.07, 6.45) is 1.09. The predicted octanol–water partition coefficient (Wildman–Crippen LogP) is 2.11.